The van der Waals surface area contributed by atoms with Crippen LogP contribution in [0.5, 0.6) is 5.75 Å². The van der Waals surface area contributed by atoms with Gasteiger partial charge in [0.2, 0.25) is 0 Å². The molecule has 0 radical (unpaired) electrons. The molecule has 0 aromatic heterocycles. The predicted octanol–water partition coefficient (Wildman–Crippen LogP) is 2.79. The maximum atomic E-state index is 10.8. The number of nitrogens with zero attached hydrogens (tertiary/aromatic N) is 1. The summed E-state index contributed by atoms with van der Waals surface area (Å²) in [5.41, 5.74) is 2.28. The molecule has 0 bridgehead atoms. The Balaban J connectivity index is 1.55. The summed E-state index contributed by atoms with van der Waals surface area (Å²) in [7, 11) is 0. The zero-order valence-electron chi connectivity index (χ0n) is 15.5. The minimum Gasteiger partial charge on any atom is -0.491 e. The Labute approximate surface area is 155 Å². The summed E-state index contributed by atoms with van der Waals surface area (Å²) in [5, 5.41) is 8.87. The van der Waals surface area contributed by atoms with E-state index in [9.17, 15) is 4.79 Å². The predicted molar refractivity (Wildman–Crippen MR) is 97.7 cm³/mol. The van der Waals surface area contributed by atoms with Crippen LogP contribution in [0.1, 0.15) is 42.9 Å². The third-order valence-electron chi connectivity index (χ3n) is 5.09. The molecule has 1 aromatic carbocycles. The highest BCUT2D eigenvalue weighted by Gasteiger charge is 2.24. The second-order valence-electron chi connectivity index (χ2n) is 7.12. The van der Waals surface area contributed by atoms with Crippen LogP contribution in [0.2, 0.25) is 0 Å². The molecule has 144 valence electrons. The van der Waals surface area contributed by atoms with E-state index in [1.165, 1.54) is 6.42 Å². The van der Waals surface area contributed by atoms with Crippen LogP contribution in [-0.2, 0) is 14.3 Å². The normalized spacial score (nSPS) is 24.3. The van der Waals surface area contributed by atoms with E-state index in [2.05, 4.69) is 24.0 Å². The van der Waals surface area contributed by atoms with Crippen molar-refractivity contribution in [2.24, 2.45) is 0 Å². The zero-order valence-corrected chi connectivity index (χ0v) is 15.5. The third-order valence-corrected chi connectivity index (χ3v) is 5.09. The lowest BCUT2D eigenvalue weighted by atomic mass is 10.0. The highest BCUT2D eigenvalue weighted by Crippen LogP contribution is 2.28. The number of carboxylic acids is 1. The fourth-order valence-corrected chi connectivity index (χ4v) is 3.57. The summed E-state index contributed by atoms with van der Waals surface area (Å²) < 4.78 is 17.5. The van der Waals surface area contributed by atoms with E-state index < -0.39 is 5.97 Å². The van der Waals surface area contributed by atoms with Crippen LogP contribution in [0.25, 0.3) is 0 Å². The molecular formula is C20H29NO5. The molecule has 2 atom stereocenters. The molecule has 1 aromatic rings. The average Bonchev–Trinajstić information content (AvgIpc) is 2.66. The van der Waals surface area contributed by atoms with Gasteiger partial charge in [-0.1, -0.05) is 6.07 Å². The van der Waals surface area contributed by atoms with E-state index in [1.807, 2.05) is 6.07 Å². The maximum absolute atomic E-state index is 10.8. The van der Waals surface area contributed by atoms with Gasteiger partial charge in [0.25, 0.3) is 0 Å². The van der Waals surface area contributed by atoms with Crippen LogP contribution in [0.4, 0.5) is 0 Å². The number of morpholine rings is 1. The van der Waals surface area contributed by atoms with Crippen molar-refractivity contribution in [3.63, 3.8) is 0 Å². The Morgan fingerprint density at radius 3 is 2.92 bits per heavy atom. The monoisotopic (exact) mass is 363 g/mol. The van der Waals surface area contributed by atoms with E-state index in [0.29, 0.717) is 19.8 Å². The van der Waals surface area contributed by atoms with Gasteiger partial charge in [-0.05, 0) is 49.4 Å². The summed E-state index contributed by atoms with van der Waals surface area (Å²) in [6, 6.07) is 6.11. The van der Waals surface area contributed by atoms with Crippen molar-refractivity contribution in [3.05, 3.63) is 29.3 Å². The summed E-state index contributed by atoms with van der Waals surface area (Å²) >= 11 is 0. The van der Waals surface area contributed by atoms with Crippen molar-refractivity contribution in [1.29, 1.82) is 0 Å². The smallest absolute Gasteiger partial charge is 0.304 e. The van der Waals surface area contributed by atoms with Crippen molar-refractivity contribution in [1.82, 2.24) is 4.90 Å². The third kappa shape index (κ3) is 5.43. The molecule has 1 N–H and O–H groups in total. The molecule has 2 fully saturated rings. The Morgan fingerprint density at radius 1 is 1.31 bits per heavy atom. The molecule has 0 saturated carbocycles. The van der Waals surface area contributed by atoms with E-state index >= 15 is 0 Å². The second kappa shape index (κ2) is 9.35. The maximum Gasteiger partial charge on any atom is 0.304 e. The Morgan fingerprint density at radius 2 is 2.19 bits per heavy atom. The Bertz CT molecular complexity index is 600. The molecule has 2 heterocycles. The van der Waals surface area contributed by atoms with Crippen molar-refractivity contribution in [3.8, 4) is 5.75 Å². The molecule has 2 unspecified atom stereocenters. The van der Waals surface area contributed by atoms with Gasteiger partial charge in [0.05, 0.1) is 25.2 Å². The topological polar surface area (TPSA) is 68.2 Å². The molecule has 2 aliphatic rings. The first kappa shape index (κ1) is 19.1. The van der Waals surface area contributed by atoms with Gasteiger partial charge in [-0.15, -0.1) is 0 Å². The van der Waals surface area contributed by atoms with E-state index in [0.717, 1.165) is 49.4 Å². The van der Waals surface area contributed by atoms with Crippen molar-refractivity contribution in [2.45, 2.75) is 44.8 Å². The molecule has 2 aliphatic heterocycles. The zero-order chi connectivity index (χ0) is 18.4. The fraction of sp³-hybridized carbons (Fsp3) is 0.650. The van der Waals surface area contributed by atoms with Crippen molar-refractivity contribution in [2.75, 3.05) is 39.5 Å². The van der Waals surface area contributed by atoms with Gasteiger partial charge in [-0.25, -0.2) is 0 Å². The fourth-order valence-electron chi connectivity index (χ4n) is 3.57. The van der Waals surface area contributed by atoms with Crippen LogP contribution in [-0.4, -0.2) is 61.5 Å². The van der Waals surface area contributed by atoms with Crippen LogP contribution >= 0.6 is 0 Å². The van der Waals surface area contributed by atoms with Crippen LogP contribution in [0, 0.1) is 6.92 Å². The summed E-state index contributed by atoms with van der Waals surface area (Å²) in [6.45, 7) is 6.21. The van der Waals surface area contributed by atoms with Crippen LogP contribution in [0.3, 0.4) is 0 Å². The van der Waals surface area contributed by atoms with E-state index in [4.69, 9.17) is 19.3 Å². The highest BCUT2D eigenvalue weighted by molar-refractivity contribution is 5.66. The number of hydrogen-bond donors (Lipinski definition) is 1. The molecule has 26 heavy (non-hydrogen) atoms. The molecule has 2 saturated heterocycles. The molecule has 0 aliphatic carbocycles. The van der Waals surface area contributed by atoms with Gasteiger partial charge in [0.15, 0.2) is 0 Å². The van der Waals surface area contributed by atoms with Crippen molar-refractivity contribution < 1.29 is 24.1 Å². The van der Waals surface area contributed by atoms with Gasteiger partial charge < -0.3 is 19.3 Å². The number of carbonyl (C=O) groups is 1. The summed E-state index contributed by atoms with van der Waals surface area (Å²) in [5.74, 6) is 0.103. The first-order valence-corrected chi connectivity index (χ1v) is 9.52. The Kier molecular flexibility index (Phi) is 6.88. The number of ether oxygens (including phenoxy) is 3. The molecule has 0 spiro atoms. The SMILES string of the molecule is Cc1cc(OCC2CCCCO2)ccc1C1CN(CCC(=O)O)CCO1. The minimum absolute atomic E-state index is 0.0201. The number of carboxylic acid groups (broad SMARTS) is 1. The van der Waals surface area contributed by atoms with Gasteiger partial charge >= 0.3 is 5.97 Å². The largest absolute Gasteiger partial charge is 0.491 e. The quantitative estimate of drug-likeness (QED) is 0.803. The molecule has 3 rings (SSSR count). The van der Waals surface area contributed by atoms with Crippen LogP contribution in [0.15, 0.2) is 18.2 Å². The standard InChI is InChI=1S/C20H29NO5/c1-15-12-16(26-14-17-4-2-3-10-24-17)5-6-18(15)19-13-21(9-11-25-19)8-7-20(22)23/h5-6,12,17,19H,2-4,7-11,13-14H2,1H3,(H,22,23). The van der Waals surface area contributed by atoms with E-state index in [-0.39, 0.29) is 18.6 Å². The molecule has 6 nitrogen and oxygen atoms in total. The van der Waals surface area contributed by atoms with Gasteiger partial charge in [0, 0.05) is 26.2 Å². The lowest BCUT2D eigenvalue weighted by Crippen LogP contribution is -2.39. The number of aliphatic carboxylic acids is 1. The number of rotatable bonds is 7. The first-order chi connectivity index (χ1) is 12.6. The lowest BCUT2D eigenvalue weighted by Gasteiger charge is -2.33. The number of benzene rings is 1. The Hall–Kier alpha value is -1.63. The van der Waals surface area contributed by atoms with Crippen molar-refractivity contribution >= 4 is 5.97 Å². The number of aryl methyl sites for hydroxylation is 1. The van der Waals surface area contributed by atoms with Gasteiger partial charge in [0.1, 0.15) is 12.4 Å². The van der Waals surface area contributed by atoms with Gasteiger partial charge in [-0.2, -0.15) is 0 Å². The average molecular weight is 363 g/mol. The van der Waals surface area contributed by atoms with Crippen LogP contribution < -0.4 is 4.74 Å². The van der Waals surface area contributed by atoms with E-state index in [1.54, 1.807) is 0 Å². The lowest BCUT2D eigenvalue weighted by molar-refractivity contribution is -0.137. The number of hydrogen-bond acceptors (Lipinski definition) is 5. The van der Waals surface area contributed by atoms with Gasteiger partial charge in [-0.3, -0.25) is 9.69 Å². The molecular weight excluding hydrogens is 334 g/mol. The molecule has 6 heteroatoms. The second-order valence-corrected chi connectivity index (χ2v) is 7.12. The summed E-state index contributed by atoms with van der Waals surface area (Å²) in [6.07, 6.45) is 3.78. The molecule has 0 amide bonds. The summed E-state index contributed by atoms with van der Waals surface area (Å²) in [4.78, 5) is 12.9. The highest BCUT2D eigenvalue weighted by atomic mass is 16.5. The first-order valence-electron chi connectivity index (χ1n) is 9.52. The minimum atomic E-state index is -0.757.